The summed E-state index contributed by atoms with van der Waals surface area (Å²) in [5.41, 5.74) is 0.944. The molecule has 0 radical (unpaired) electrons. The Bertz CT molecular complexity index is 596. The molecule has 0 aliphatic carbocycles. The first-order valence-electron chi connectivity index (χ1n) is 5.47. The van der Waals surface area contributed by atoms with E-state index in [9.17, 15) is 14.7 Å². The van der Waals surface area contributed by atoms with Crippen LogP contribution in [0.4, 0.5) is 4.79 Å². The van der Waals surface area contributed by atoms with Gasteiger partial charge in [-0.15, -0.1) is 6.58 Å². The van der Waals surface area contributed by atoms with Gasteiger partial charge in [0.2, 0.25) is 0 Å². The molecule has 0 aromatic heterocycles. The lowest BCUT2D eigenvalue weighted by Crippen LogP contribution is -2.30. The molecular formula is C13H11IN2O3. The molecule has 1 aromatic carbocycles. The summed E-state index contributed by atoms with van der Waals surface area (Å²) in [6.45, 7) is 3.68. The second-order valence-electron chi connectivity index (χ2n) is 3.90. The van der Waals surface area contributed by atoms with Crippen LogP contribution in [-0.2, 0) is 4.79 Å². The lowest BCUT2D eigenvalue weighted by Gasteiger charge is -2.06. The quantitative estimate of drug-likeness (QED) is 0.371. The molecule has 0 bridgehead atoms. The van der Waals surface area contributed by atoms with Crippen molar-refractivity contribution in [2.24, 2.45) is 0 Å². The van der Waals surface area contributed by atoms with Gasteiger partial charge >= 0.3 is 6.03 Å². The lowest BCUT2D eigenvalue weighted by atomic mass is 10.2. The molecule has 0 spiro atoms. The predicted molar refractivity (Wildman–Crippen MR) is 79.2 cm³/mol. The third-order valence-electron chi connectivity index (χ3n) is 2.56. The number of nitrogens with zero attached hydrogens (tertiary/aromatic N) is 1. The molecule has 1 aliphatic rings. The van der Waals surface area contributed by atoms with Crippen LogP contribution in [0.15, 0.2) is 36.6 Å². The highest BCUT2D eigenvalue weighted by Crippen LogP contribution is 2.22. The molecule has 5 nitrogen and oxygen atoms in total. The average molecular weight is 370 g/mol. The zero-order valence-corrected chi connectivity index (χ0v) is 12.0. The Labute approximate surface area is 123 Å². The number of aromatic hydroxyl groups is 1. The van der Waals surface area contributed by atoms with Crippen molar-refractivity contribution in [2.75, 3.05) is 6.54 Å². The number of carbonyl (C=O) groups excluding carboxylic acids is 2. The van der Waals surface area contributed by atoms with Gasteiger partial charge in [0, 0.05) is 6.54 Å². The van der Waals surface area contributed by atoms with Crippen molar-refractivity contribution in [3.63, 3.8) is 0 Å². The summed E-state index contributed by atoms with van der Waals surface area (Å²) in [5, 5.41) is 11.9. The second-order valence-corrected chi connectivity index (χ2v) is 5.07. The molecule has 0 atom stereocenters. The van der Waals surface area contributed by atoms with E-state index in [0.717, 1.165) is 10.5 Å². The molecule has 3 amide bonds. The van der Waals surface area contributed by atoms with Gasteiger partial charge in [0.15, 0.2) is 0 Å². The molecule has 19 heavy (non-hydrogen) atoms. The number of hydrogen-bond acceptors (Lipinski definition) is 3. The Morgan fingerprint density at radius 3 is 2.79 bits per heavy atom. The lowest BCUT2D eigenvalue weighted by molar-refractivity contribution is -0.122. The third kappa shape index (κ3) is 2.78. The number of imide groups is 1. The first kappa shape index (κ1) is 13.6. The minimum atomic E-state index is -0.454. The molecule has 2 N–H and O–H groups in total. The number of phenols is 1. The Balaban J connectivity index is 2.29. The van der Waals surface area contributed by atoms with Crippen molar-refractivity contribution in [3.8, 4) is 5.75 Å². The maximum absolute atomic E-state index is 11.9. The van der Waals surface area contributed by atoms with Crippen LogP contribution in [-0.4, -0.2) is 28.5 Å². The van der Waals surface area contributed by atoms with Gasteiger partial charge in [-0.25, -0.2) is 4.79 Å². The monoisotopic (exact) mass is 370 g/mol. The highest BCUT2D eigenvalue weighted by molar-refractivity contribution is 14.1. The molecule has 1 aromatic rings. The summed E-state index contributed by atoms with van der Waals surface area (Å²) in [4.78, 5) is 24.6. The number of hydrogen-bond donors (Lipinski definition) is 2. The van der Waals surface area contributed by atoms with Gasteiger partial charge in [0.25, 0.3) is 5.91 Å². The molecule has 98 valence electrons. The van der Waals surface area contributed by atoms with Crippen LogP contribution in [0.2, 0.25) is 0 Å². The number of rotatable bonds is 3. The first-order chi connectivity index (χ1) is 9.02. The summed E-state index contributed by atoms with van der Waals surface area (Å²) in [6.07, 6.45) is 3.06. The molecule has 6 heteroatoms. The zero-order chi connectivity index (χ0) is 14.0. The molecule has 0 unspecified atom stereocenters. The fraction of sp³-hybridized carbons (Fsp3) is 0.0769. The summed E-state index contributed by atoms with van der Waals surface area (Å²) >= 11 is 1.99. The Kier molecular flexibility index (Phi) is 3.89. The van der Waals surface area contributed by atoms with E-state index in [-0.39, 0.29) is 23.9 Å². The van der Waals surface area contributed by atoms with Crippen LogP contribution < -0.4 is 5.32 Å². The van der Waals surface area contributed by atoms with Crippen LogP contribution in [0.3, 0.4) is 0 Å². The maximum atomic E-state index is 11.9. The van der Waals surface area contributed by atoms with Crippen LogP contribution in [0, 0.1) is 3.57 Å². The van der Waals surface area contributed by atoms with Gasteiger partial charge in [-0.1, -0.05) is 12.1 Å². The van der Waals surface area contributed by atoms with Crippen LogP contribution >= 0.6 is 22.6 Å². The van der Waals surface area contributed by atoms with E-state index in [2.05, 4.69) is 11.9 Å². The molecule has 1 heterocycles. The van der Waals surface area contributed by atoms with E-state index in [1.165, 1.54) is 12.1 Å². The van der Waals surface area contributed by atoms with Crippen LogP contribution in [0.25, 0.3) is 6.08 Å². The van der Waals surface area contributed by atoms with Gasteiger partial charge < -0.3 is 10.4 Å². The normalized spacial score (nSPS) is 16.9. The van der Waals surface area contributed by atoms with Crippen molar-refractivity contribution in [1.82, 2.24) is 10.2 Å². The predicted octanol–water partition coefficient (Wildman–Crippen LogP) is 2.08. The van der Waals surface area contributed by atoms with E-state index in [4.69, 9.17) is 0 Å². The fourth-order valence-electron chi connectivity index (χ4n) is 1.65. The van der Waals surface area contributed by atoms with Crippen molar-refractivity contribution in [3.05, 3.63) is 45.7 Å². The summed E-state index contributed by atoms with van der Waals surface area (Å²) in [5.74, 6) is -0.203. The smallest absolute Gasteiger partial charge is 0.329 e. The van der Waals surface area contributed by atoms with E-state index in [1.807, 2.05) is 22.6 Å². The zero-order valence-electron chi connectivity index (χ0n) is 9.89. The van der Waals surface area contributed by atoms with E-state index in [0.29, 0.717) is 3.57 Å². The summed E-state index contributed by atoms with van der Waals surface area (Å²) in [7, 11) is 0. The Morgan fingerprint density at radius 2 is 2.16 bits per heavy atom. The molecule has 1 fully saturated rings. The van der Waals surface area contributed by atoms with Crippen molar-refractivity contribution in [2.45, 2.75) is 0 Å². The number of nitrogens with one attached hydrogen (secondary N) is 1. The highest BCUT2D eigenvalue weighted by Gasteiger charge is 2.32. The molecule has 1 aliphatic heterocycles. The molecule has 2 rings (SSSR count). The van der Waals surface area contributed by atoms with Gasteiger partial charge in [-0.3, -0.25) is 9.69 Å². The van der Waals surface area contributed by atoms with Crippen molar-refractivity contribution in [1.29, 1.82) is 0 Å². The molecule has 1 saturated heterocycles. The number of amides is 3. The van der Waals surface area contributed by atoms with E-state index in [1.54, 1.807) is 18.2 Å². The van der Waals surface area contributed by atoms with E-state index >= 15 is 0 Å². The molecular weight excluding hydrogens is 359 g/mol. The fourth-order valence-corrected chi connectivity index (χ4v) is 2.19. The number of benzene rings is 1. The Hall–Kier alpha value is -1.83. The van der Waals surface area contributed by atoms with E-state index < -0.39 is 6.03 Å². The highest BCUT2D eigenvalue weighted by atomic mass is 127. The SMILES string of the molecule is C=CCN1C(=O)NC(=Cc2ccc(O)c(I)c2)C1=O. The minimum absolute atomic E-state index is 0.176. The largest absolute Gasteiger partial charge is 0.507 e. The topological polar surface area (TPSA) is 69.6 Å². The molecule has 0 saturated carbocycles. The number of carbonyl (C=O) groups is 2. The van der Waals surface area contributed by atoms with Gasteiger partial charge in [0.1, 0.15) is 11.4 Å². The van der Waals surface area contributed by atoms with Crippen LogP contribution in [0.1, 0.15) is 5.56 Å². The average Bonchev–Trinajstić information content (AvgIpc) is 2.62. The standard InChI is InChI=1S/C13H11IN2O3/c1-2-5-16-12(18)10(15-13(16)19)7-8-3-4-11(17)9(14)6-8/h2-4,6-7,17H,1,5H2,(H,15,19). The number of phenolic OH excluding ortho intramolecular Hbond substituents is 1. The van der Waals surface area contributed by atoms with Gasteiger partial charge in [-0.05, 0) is 46.4 Å². The second kappa shape index (κ2) is 5.43. The van der Waals surface area contributed by atoms with Gasteiger partial charge in [0.05, 0.1) is 3.57 Å². The third-order valence-corrected chi connectivity index (χ3v) is 3.42. The summed E-state index contributed by atoms with van der Waals surface area (Å²) in [6, 6.07) is 4.47. The number of urea groups is 1. The summed E-state index contributed by atoms with van der Waals surface area (Å²) < 4.78 is 0.673. The minimum Gasteiger partial charge on any atom is -0.507 e. The van der Waals surface area contributed by atoms with Crippen molar-refractivity contribution >= 4 is 40.6 Å². The number of halogens is 1. The first-order valence-corrected chi connectivity index (χ1v) is 6.54. The Morgan fingerprint density at radius 1 is 1.42 bits per heavy atom. The van der Waals surface area contributed by atoms with Crippen molar-refractivity contribution < 1.29 is 14.7 Å². The van der Waals surface area contributed by atoms with Gasteiger partial charge in [-0.2, -0.15) is 0 Å². The maximum Gasteiger partial charge on any atom is 0.329 e. The van der Waals surface area contributed by atoms with Crippen LogP contribution in [0.5, 0.6) is 5.75 Å².